The molecule has 2 aromatic rings. The topological polar surface area (TPSA) is 68.3 Å². The van der Waals surface area contributed by atoms with Gasteiger partial charge in [-0.05, 0) is 31.2 Å². The lowest BCUT2D eigenvalue weighted by atomic mass is 10.1. The van der Waals surface area contributed by atoms with Crippen LogP contribution in [0.1, 0.15) is 23.0 Å². The van der Waals surface area contributed by atoms with Crippen molar-refractivity contribution in [2.24, 2.45) is 0 Å². The molecule has 1 aromatic heterocycles. The second kappa shape index (κ2) is 5.80. The largest absolute Gasteiger partial charge is 0.469 e. The quantitative estimate of drug-likeness (QED) is 0.845. The number of hydrogen-bond acceptors (Lipinski definition) is 3. The Kier molecular flexibility index (Phi) is 4.12. The number of rotatable bonds is 4. The van der Waals surface area contributed by atoms with Crippen molar-refractivity contribution < 1.29 is 9.21 Å². The fraction of sp³-hybridized carbons (Fsp3) is 0.214. The van der Waals surface area contributed by atoms with Gasteiger partial charge in [-0.15, -0.1) is 0 Å². The van der Waals surface area contributed by atoms with Crippen LogP contribution < -0.4 is 11.1 Å². The number of carbonyl (C=O) groups is 1. The zero-order chi connectivity index (χ0) is 13.8. The van der Waals surface area contributed by atoms with Crippen molar-refractivity contribution in [3.8, 4) is 0 Å². The molecule has 100 valence electrons. The van der Waals surface area contributed by atoms with Crippen molar-refractivity contribution >= 4 is 23.2 Å². The first-order valence-electron chi connectivity index (χ1n) is 5.95. The SMILES string of the molecule is CC(Cc1ccco1)NC(=O)c1cccc(Cl)c1N. The Hall–Kier alpha value is -1.94. The lowest BCUT2D eigenvalue weighted by Gasteiger charge is -2.14. The number of para-hydroxylation sites is 1. The van der Waals surface area contributed by atoms with Crippen molar-refractivity contribution in [3.05, 3.63) is 52.9 Å². The maximum atomic E-state index is 12.1. The third-order valence-electron chi connectivity index (χ3n) is 2.76. The summed E-state index contributed by atoms with van der Waals surface area (Å²) in [6.07, 6.45) is 2.23. The third kappa shape index (κ3) is 3.29. The molecule has 0 fully saturated rings. The van der Waals surface area contributed by atoms with Crippen LogP contribution >= 0.6 is 11.6 Å². The second-order valence-electron chi connectivity index (χ2n) is 4.36. The van der Waals surface area contributed by atoms with Crippen molar-refractivity contribution in [2.75, 3.05) is 5.73 Å². The van der Waals surface area contributed by atoms with Crippen LogP contribution in [0.4, 0.5) is 5.69 Å². The highest BCUT2D eigenvalue weighted by atomic mass is 35.5. The van der Waals surface area contributed by atoms with E-state index in [1.54, 1.807) is 24.5 Å². The summed E-state index contributed by atoms with van der Waals surface area (Å²) in [7, 11) is 0. The minimum Gasteiger partial charge on any atom is -0.469 e. The third-order valence-corrected chi connectivity index (χ3v) is 3.09. The molecule has 2 rings (SSSR count). The molecule has 0 saturated carbocycles. The molecule has 0 aliphatic heterocycles. The number of anilines is 1. The van der Waals surface area contributed by atoms with Crippen LogP contribution in [-0.2, 0) is 6.42 Å². The number of furan rings is 1. The maximum absolute atomic E-state index is 12.1. The summed E-state index contributed by atoms with van der Waals surface area (Å²) >= 11 is 5.89. The summed E-state index contributed by atoms with van der Waals surface area (Å²) in [5.41, 5.74) is 6.47. The van der Waals surface area contributed by atoms with Crippen LogP contribution in [0.2, 0.25) is 5.02 Å². The Balaban J connectivity index is 2.02. The van der Waals surface area contributed by atoms with Crippen molar-refractivity contribution in [2.45, 2.75) is 19.4 Å². The van der Waals surface area contributed by atoms with E-state index in [9.17, 15) is 4.79 Å². The van der Waals surface area contributed by atoms with Gasteiger partial charge in [-0.25, -0.2) is 0 Å². The predicted molar refractivity (Wildman–Crippen MR) is 75.2 cm³/mol. The second-order valence-corrected chi connectivity index (χ2v) is 4.77. The Labute approximate surface area is 116 Å². The first-order chi connectivity index (χ1) is 9.08. The lowest BCUT2D eigenvalue weighted by molar-refractivity contribution is 0.0940. The molecule has 0 spiro atoms. The zero-order valence-electron chi connectivity index (χ0n) is 10.5. The number of hydrogen-bond donors (Lipinski definition) is 2. The molecule has 1 atom stereocenters. The lowest BCUT2D eigenvalue weighted by Crippen LogP contribution is -2.34. The van der Waals surface area contributed by atoms with E-state index in [1.807, 2.05) is 19.1 Å². The molecule has 4 nitrogen and oxygen atoms in total. The zero-order valence-corrected chi connectivity index (χ0v) is 11.3. The van der Waals surface area contributed by atoms with E-state index in [0.29, 0.717) is 22.7 Å². The van der Waals surface area contributed by atoms with Gasteiger partial charge in [0.25, 0.3) is 5.91 Å². The minimum absolute atomic E-state index is 0.0583. The van der Waals surface area contributed by atoms with Gasteiger partial charge >= 0.3 is 0 Å². The number of amides is 1. The molecule has 1 aromatic carbocycles. The van der Waals surface area contributed by atoms with Crippen LogP contribution in [0.5, 0.6) is 0 Å². The highest BCUT2D eigenvalue weighted by Gasteiger charge is 2.14. The molecule has 0 radical (unpaired) electrons. The van der Waals surface area contributed by atoms with E-state index in [4.69, 9.17) is 21.8 Å². The van der Waals surface area contributed by atoms with Crippen LogP contribution in [0.25, 0.3) is 0 Å². The van der Waals surface area contributed by atoms with Gasteiger partial charge in [-0.1, -0.05) is 17.7 Å². The van der Waals surface area contributed by atoms with E-state index in [1.165, 1.54) is 0 Å². The maximum Gasteiger partial charge on any atom is 0.253 e. The van der Waals surface area contributed by atoms with Gasteiger partial charge in [0.05, 0.1) is 22.5 Å². The minimum atomic E-state index is -0.237. The Morgan fingerprint density at radius 2 is 2.21 bits per heavy atom. The van der Waals surface area contributed by atoms with Gasteiger partial charge in [0.15, 0.2) is 0 Å². The van der Waals surface area contributed by atoms with Gasteiger partial charge in [-0.3, -0.25) is 4.79 Å². The molecule has 0 saturated heterocycles. The number of nitrogen functional groups attached to an aromatic ring is 1. The van der Waals surface area contributed by atoms with Gasteiger partial charge in [0.1, 0.15) is 5.76 Å². The average molecular weight is 279 g/mol. The number of carbonyl (C=O) groups excluding carboxylic acids is 1. The van der Waals surface area contributed by atoms with Crippen molar-refractivity contribution in [1.29, 1.82) is 0 Å². The van der Waals surface area contributed by atoms with Gasteiger partial charge in [-0.2, -0.15) is 0 Å². The molecule has 0 aliphatic rings. The molecule has 3 N–H and O–H groups in total. The molecule has 5 heteroatoms. The number of nitrogens with two attached hydrogens (primary N) is 1. The first kappa shape index (κ1) is 13.5. The molecule has 19 heavy (non-hydrogen) atoms. The van der Waals surface area contributed by atoms with Crippen molar-refractivity contribution in [1.82, 2.24) is 5.32 Å². The molecule has 1 unspecified atom stereocenters. The predicted octanol–water partition coefficient (Wildman–Crippen LogP) is 2.88. The monoisotopic (exact) mass is 278 g/mol. The molecule has 0 bridgehead atoms. The van der Waals surface area contributed by atoms with Crippen LogP contribution in [0.3, 0.4) is 0 Å². The van der Waals surface area contributed by atoms with Crippen LogP contribution in [0.15, 0.2) is 41.0 Å². The molecular weight excluding hydrogens is 264 g/mol. The van der Waals surface area contributed by atoms with Gasteiger partial charge < -0.3 is 15.5 Å². The van der Waals surface area contributed by atoms with Gasteiger partial charge in [0, 0.05) is 12.5 Å². The van der Waals surface area contributed by atoms with E-state index in [0.717, 1.165) is 5.76 Å². The highest BCUT2D eigenvalue weighted by molar-refractivity contribution is 6.33. The fourth-order valence-electron chi connectivity index (χ4n) is 1.82. The van der Waals surface area contributed by atoms with Crippen LogP contribution in [-0.4, -0.2) is 11.9 Å². The Bertz CT molecular complexity index is 567. The Morgan fingerprint density at radius 1 is 1.42 bits per heavy atom. The highest BCUT2D eigenvalue weighted by Crippen LogP contribution is 2.22. The van der Waals surface area contributed by atoms with Crippen LogP contribution in [0, 0.1) is 0 Å². The summed E-state index contributed by atoms with van der Waals surface area (Å²) in [6, 6.07) is 8.63. The number of halogens is 1. The number of benzene rings is 1. The van der Waals surface area contributed by atoms with E-state index in [2.05, 4.69) is 5.32 Å². The van der Waals surface area contributed by atoms with Crippen molar-refractivity contribution in [3.63, 3.8) is 0 Å². The average Bonchev–Trinajstić information content (AvgIpc) is 2.85. The molecule has 1 amide bonds. The summed E-state index contributed by atoms with van der Waals surface area (Å²) < 4.78 is 5.24. The smallest absolute Gasteiger partial charge is 0.253 e. The molecule has 0 aliphatic carbocycles. The first-order valence-corrected chi connectivity index (χ1v) is 6.33. The normalized spacial score (nSPS) is 12.1. The van der Waals surface area contributed by atoms with Gasteiger partial charge in [0.2, 0.25) is 0 Å². The van der Waals surface area contributed by atoms with E-state index >= 15 is 0 Å². The summed E-state index contributed by atoms with van der Waals surface area (Å²) in [6.45, 7) is 1.90. The molecular formula is C14H15ClN2O2. The summed E-state index contributed by atoms with van der Waals surface area (Å²) in [5.74, 6) is 0.589. The fourth-order valence-corrected chi connectivity index (χ4v) is 1.99. The summed E-state index contributed by atoms with van der Waals surface area (Å²) in [5, 5.41) is 3.25. The number of nitrogens with one attached hydrogen (secondary N) is 1. The standard InChI is InChI=1S/C14H15ClN2O2/c1-9(8-10-4-3-7-19-10)17-14(18)11-5-2-6-12(15)13(11)16/h2-7,9H,8,16H2,1H3,(H,17,18). The molecule has 1 heterocycles. The van der Waals surface area contributed by atoms with E-state index < -0.39 is 0 Å². The van der Waals surface area contributed by atoms with E-state index in [-0.39, 0.29) is 11.9 Å². The summed E-state index contributed by atoms with van der Waals surface area (Å²) in [4.78, 5) is 12.1. The Morgan fingerprint density at radius 3 is 2.89 bits per heavy atom.